The van der Waals surface area contributed by atoms with Crippen LogP contribution in [0, 0.1) is 46.3 Å². The minimum absolute atomic E-state index is 0.00229. The van der Waals surface area contributed by atoms with Gasteiger partial charge in [0.05, 0.1) is 41.7 Å². The number of anilines is 1. The van der Waals surface area contributed by atoms with Crippen molar-refractivity contribution in [1.82, 2.24) is 51.0 Å². The molecule has 0 spiro atoms. The number of likely N-dealkylation sites (tertiary alicyclic amines) is 2. The van der Waals surface area contributed by atoms with Crippen molar-refractivity contribution in [1.29, 1.82) is 0 Å². The van der Waals surface area contributed by atoms with Gasteiger partial charge in [0.25, 0.3) is 17.7 Å². The fraction of sp³-hybridized carbons (Fsp3) is 0.674. The van der Waals surface area contributed by atoms with Gasteiger partial charge in [-0.05, 0) is 178 Å². The molecule has 2 saturated heterocycles. The molecule has 2 aliphatic heterocycles. The SMILES string of the molecule is CCCCCCN(C(=O)[C@@H](NC(=O)[C@H]1CCCCN1CCN)[C@@H](C)CC)[C@H](C[C@@H](OCC)c1nc(C(=O)N[C@@H](Cc2ccc(O)cc2)CC(C)(C)C(=O)O)cs1)C(C)CC#CCCCON(C(=O)[C@@H](NC(=O)[C@@]1(C)CCCN1CCO)[C@@H](C)CC)[C@H](C[C@@H](OC(C)=O)c1nc(C(=O)N[C@@H](Cc2ccc(N)cc2)CC(C)(C)C(=O)O)cs1)C(C)C. The van der Waals surface area contributed by atoms with Gasteiger partial charge >= 0.3 is 17.9 Å². The highest BCUT2D eigenvalue weighted by Gasteiger charge is 2.47. The molecule has 0 saturated carbocycles. The van der Waals surface area contributed by atoms with Crippen molar-refractivity contribution >= 4 is 81.7 Å². The number of ether oxygens (including phenoxy) is 2. The van der Waals surface area contributed by atoms with Crippen LogP contribution in [0.25, 0.3) is 0 Å². The van der Waals surface area contributed by atoms with E-state index in [1.165, 1.54) is 40.8 Å². The summed E-state index contributed by atoms with van der Waals surface area (Å²) in [5.74, 6) is 0.235. The summed E-state index contributed by atoms with van der Waals surface area (Å²) in [5.41, 5.74) is 10.8. The number of carbonyl (C=O) groups is 9. The van der Waals surface area contributed by atoms with Crippen LogP contribution in [0.1, 0.15) is 274 Å². The average molecular weight is 1700 g/mol. The number of carboxylic acids is 2. The molecule has 2 aromatic carbocycles. The molecule has 12 N–H and O–H groups in total. The molecule has 6 amide bonds. The number of aromatic nitrogens is 2. The number of thiazole rings is 2. The van der Waals surface area contributed by atoms with Gasteiger partial charge in [-0.1, -0.05) is 118 Å². The van der Waals surface area contributed by atoms with Gasteiger partial charge in [0, 0.05) is 100.0 Å². The molecule has 2 aromatic heterocycles. The monoisotopic (exact) mass is 1690 g/mol. The minimum atomic E-state index is -1.22. The molecule has 30 heteroatoms. The number of hydroxylamine groups is 2. The number of hydrogen-bond acceptors (Lipinski definition) is 22. The van der Waals surface area contributed by atoms with Crippen molar-refractivity contribution in [3.05, 3.63) is 91.8 Å². The lowest BCUT2D eigenvalue weighted by molar-refractivity contribution is -0.213. The first-order valence-corrected chi connectivity index (χ1v) is 44.8. The number of benzene rings is 2. The van der Waals surface area contributed by atoms with E-state index in [0.717, 1.165) is 61.1 Å². The Labute approximate surface area is 713 Å². The fourth-order valence-electron chi connectivity index (χ4n) is 15.8. The summed E-state index contributed by atoms with van der Waals surface area (Å²) in [5, 5.41) is 58.2. The van der Waals surface area contributed by atoms with E-state index in [2.05, 4.69) is 44.9 Å². The first-order valence-electron chi connectivity index (χ1n) is 43.0. The Kier molecular flexibility index (Phi) is 40.6. The van der Waals surface area contributed by atoms with Crippen LogP contribution in [0.2, 0.25) is 0 Å². The van der Waals surface area contributed by atoms with Crippen LogP contribution < -0.4 is 32.7 Å². The van der Waals surface area contributed by atoms with E-state index in [0.29, 0.717) is 81.8 Å². The van der Waals surface area contributed by atoms with Crippen LogP contribution in [0.5, 0.6) is 5.75 Å². The van der Waals surface area contributed by atoms with Crippen LogP contribution in [0.15, 0.2) is 59.3 Å². The Morgan fingerprint density at radius 3 is 1.78 bits per heavy atom. The highest BCUT2D eigenvalue weighted by atomic mass is 32.1. The van der Waals surface area contributed by atoms with E-state index in [9.17, 15) is 54.0 Å². The Morgan fingerprint density at radius 1 is 0.689 bits per heavy atom. The van der Waals surface area contributed by atoms with Gasteiger partial charge in [-0.25, -0.2) is 15.0 Å². The van der Waals surface area contributed by atoms with Gasteiger partial charge < -0.3 is 67.5 Å². The Hall–Kier alpha value is -8.15. The fourth-order valence-corrected chi connectivity index (χ4v) is 17.4. The summed E-state index contributed by atoms with van der Waals surface area (Å²) in [6.45, 7) is 29.9. The largest absolute Gasteiger partial charge is 0.508 e. The maximum absolute atomic E-state index is 16.0. The molecule has 662 valence electrons. The molecule has 0 bridgehead atoms. The highest BCUT2D eigenvalue weighted by molar-refractivity contribution is 7.10. The zero-order valence-electron chi connectivity index (χ0n) is 73.1. The molecule has 28 nitrogen and oxygen atoms in total. The molecule has 4 heterocycles. The molecule has 13 atom stereocenters. The van der Waals surface area contributed by atoms with Crippen LogP contribution >= 0.6 is 22.7 Å². The minimum Gasteiger partial charge on any atom is -0.508 e. The second kappa shape index (κ2) is 48.5. The van der Waals surface area contributed by atoms with Gasteiger partial charge in [0.15, 0.2) is 6.10 Å². The first-order chi connectivity index (χ1) is 56.4. The smallest absolute Gasteiger partial charge is 0.309 e. The van der Waals surface area contributed by atoms with Crippen molar-refractivity contribution in [2.75, 3.05) is 64.8 Å². The number of unbranched alkanes of at least 4 members (excludes halogenated alkanes) is 4. The summed E-state index contributed by atoms with van der Waals surface area (Å²) < 4.78 is 12.7. The van der Waals surface area contributed by atoms with E-state index in [-0.39, 0.29) is 129 Å². The molecule has 1 unspecified atom stereocenters. The predicted octanol–water partition coefficient (Wildman–Crippen LogP) is 11.8. The molecule has 2 aliphatic rings. The molecule has 2 fully saturated rings. The highest BCUT2D eigenvalue weighted by Crippen LogP contribution is 2.37. The Balaban J connectivity index is 1.36. The third-order valence-electron chi connectivity index (χ3n) is 23.5. The predicted molar refractivity (Wildman–Crippen MR) is 462 cm³/mol. The lowest BCUT2D eigenvalue weighted by Crippen LogP contribution is -2.61. The van der Waals surface area contributed by atoms with Gasteiger partial charge in [0.2, 0.25) is 17.7 Å². The molecule has 4 aromatic rings. The number of nitrogens with zero attached hydrogens (tertiary/aromatic N) is 6. The number of esters is 1. The number of aliphatic carboxylic acids is 2. The summed E-state index contributed by atoms with van der Waals surface area (Å²) >= 11 is 2.32. The van der Waals surface area contributed by atoms with Crippen molar-refractivity contribution < 1.29 is 77.9 Å². The number of phenolic OH excluding ortho intramolecular Hbond substituents is 1. The number of nitrogens with one attached hydrogen (secondary N) is 4. The van der Waals surface area contributed by atoms with Crippen LogP contribution in [0.3, 0.4) is 0 Å². The molecule has 0 aliphatic carbocycles. The number of carboxylic acid groups (broad SMARTS) is 2. The second-order valence-electron chi connectivity index (χ2n) is 34.3. The molecular weight excluding hydrogens is 1560 g/mol. The van der Waals surface area contributed by atoms with E-state index in [4.69, 9.17) is 35.7 Å². The topological polar surface area (TPSA) is 401 Å². The van der Waals surface area contributed by atoms with Crippen LogP contribution in [-0.4, -0.2) is 210 Å². The van der Waals surface area contributed by atoms with Crippen molar-refractivity contribution in [3.8, 4) is 17.6 Å². The van der Waals surface area contributed by atoms with Gasteiger partial charge in [-0.3, -0.25) is 57.8 Å². The summed E-state index contributed by atoms with van der Waals surface area (Å²) in [7, 11) is 0. The number of aliphatic hydroxyl groups is 1. The van der Waals surface area contributed by atoms with Crippen LogP contribution in [0.4, 0.5) is 5.69 Å². The molecule has 0 radical (unpaired) electrons. The number of aromatic hydroxyl groups is 1. The summed E-state index contributed by atoms with van der Waals surface area (Å²) in [6.07, 6.45) is 7.94. The number of nitrogens with two attached hydrogens (primary N) is 2. The molecule has 119 heavy (non-hydrogen) atoms. The lowest BCUT2D eigenvalue weighted by atomic mass is 9.84. The van der Waals surface area contributed by atoms with Crippen molar-refractivity contribution in [2.24, 2.45) is 40.2 Å². The quantitative estimate of drug-likeness (QED) is 0.00645. The molecular formula is C89H138N12O16S2. The maximum Gasteiger partial charge on any atom is 0.309 e. The standard InChI is InChI=1S/C89H138N12O16S2/c1-16-20-21-26-44-100(82(108)75(58(7)17-2)96-79(107)70-31-25-27-42-98(70)45-41-90)72(52-73(115-19-4)80-94-68(55-118-80)77(105)93-66(54-88(13,14)86(113)114)50-63-34-38-67(104)39-35-63)60(9)30-24-22-23-28-48-116-101(83(109)76(59(8)18-3)97-84(110)89(15)40-29-43-99(89)46-47-102)71(57(5)6)51-74(117-61(10)103)81-95-69(56-119-81)78(106)92-65(53-87(11,12)85(111)112)49-62-32-36-64(91)37-33-62/h32-39,55-60,65-66,70-76,102,104H,16-21,23,25-31,40-54,90-91H2,1-15H3,(H,92,106)(H,93,105)(H,96,107)(H,97,110)(H,111,112)(H,113,114)/t58-,59-,60?,65-,66-,70+,71+,72+,73+,74+,75-,76-,89+/m0/s1. The zero-order chi connectivity index (χ0) is 87.9. The average Bonchev–Trinajstić information content (AvgIpc) is 1.72. The Bertz CT molecular complexity index is 3960. The van der Waals surface area contributed by atoms with Crippen LogP contribution in [-0.2, 0) is 60.7 Å². The van der Waals surface area contributed by atoms with Gasteiger partial charge in [-0.15, -0.1) is 34.5 Å². The number of nitrogen functional groups attached to an aromatic ring is 1. The Morgan fingerprint density at radius 2 is 1.25 bits per heavy atom. The third kappa shape index (κ3) is 29.9. The summed E-state index contributed by atoms with van der Waals surface area (Å²) in [4.78, 5) is 151. The van der Waals surface area contributed by atoms with Gasteiger partial charge in [0.1, 0.15) is 45.3 Å². The number of piperidine rings is 1. The number of rotatable bonds is 51. The third-order valence-corrected chi connectivity index (χ3v) is 25.4. The zero-order valence-corrected chi connectivity index (χ0v) is 74.8. The van der Waals surface area contributed by atoms with E-state index >= 15 is 9.59 Å². The van der Waals surface area contributed by atoms with E-state index < -0.39 is 118 Å². The number of β-amino-alcohol motifs (C(OH)–C–C–N with tert-alkyl or cyclic N) is 1. The second-order valence-corrected chi connectivity index (χ2v) is 36.1. The van der Waals surface area contributed by atoms with E-state index in [1.54, 1.807) is 57.3 Å². The maximum atomic E-state index is 16.0. The van der Waals surface area contributed by atoms with Gasteiger partial charge in [-0.2, -0.15) is 0 Å². The van der Waals surface area contributed by atoms with Crippen molar-refractivity contribution in [3.63, 3.8) is 0 Å². The normalized spacial score (nSPS) is 18.2. The number of aliphatic hydroxyl groups excluding tert-OH is 1. The number of carbonyl (C=O) groups excluding carboxylic acids is 7. The lowest BCUT2D eigenvalue weighted by Gasteiger charge is -2.41. The van der Waals surface area contributed by atoms with E-state index in [1.807, 2.05) is 84.2 Å². The number of hydrogen-bond donors (Lipinski definition) is 10. The number of amides is 6. The first kappa shape index (κ1) is 99.7. The number of phenols is 1. The van der Waals surface area contributed by atoms with Crippen molar-refractivity contribution in [2.45, 2.75) is 292 Å². The molecule has 6 rings (SSSR count). The summed E-state index contributed by atoms with van der Waals surface area (Å²) in [6, 6.07) is 8.41.